The van der Waals surface area contributed by atoms with Gasteiger partial charge >= 0.3 is 0 Å². The zero-order chi connectivity index (χ0) is 28.4. The van der Waals surface area contributed by atoms with Gasteiger partial charge in [0.1, 0.15) is 11.5 Å². The summed E-state index contributed by atoms with van der Waals surface area (Å²) in [5, 5.41) is 3.65. The Hall–Kier alpha value is -3.70. The van der Waals surface area contributed by atoms with E-state index in [1.807, 2.05) is 98.5 Å². The Labute approximate surface area is 240 Å². The van der Waals surface area contributed by atoms with Crippen LogP contribution in [0.25, 0.3) is 6.08 Å². The van der Waals surface area contributed by atoms with Gasteiger partial charge in [-0.25, -0.2) is 0 Å². The van der Waals surface area contributed by atoms with Crippen molar-refractivity contribution >= 4 is 46.5 Å². The molecule has 5 nitrogen and oxygen atoms in total. The number of rotatable bonds is 5. The lowest BCUT2D eigenvalue weighted by molar-refractivity contribution is -0.128. The first kappa shape index (κ1) is 26.5. The Bertz CT molecular complexity index is 1570. The molecule has 0 aliphatic carbocycles. The molecule has 0 aromatic heterocycles. The van der Waals surface area contributed by atoms with Crippen LogP contribution in [0.4, 0.5) is 11.4 Å². The molecule has 4 atom stereocenters. The number of nitrogens with one attached hydrogen (secondary N) is 1. The van der Waals surface area contributed by atoms with Gasteiger partial charge in [-0.1, -0.05) is 100 Å². The minimum absolute atomic E-state index is 0.0799. The summed E-state index contributed by atoms with van der Waals surface area (Å²) in [5.74, 6) is -1.48. The summed E-state index contributed by atoms with van der Waals surface area (Å²) in [6, 6.07) is 19.4. The number of amides is 1. The molecular weight excluding hydrogens is 520 g/mol. The van der Waals surface area contributed by atoms with Crippen molar-refractivity contribution in [2.75, 3.05) is 10.2 Å². The maximum absolute atomic E-state index is 14.8. The smallest absolute Gasteiger partial charge is 0.238 e. The van der Waals surface area contributed by atoms with Crippen LogP contribution in [0.3, 0.4) is 0 Å². The maximum Gasteiger partial charge on any atom is 0.238 e. The van der Waals surface area contributed by atoms with Gasteiger partial charge in [0.25, 0.3) is 0 Å². The summed E-state index contributed by atoms with van der Waals surface area (Å²) in [5.41, 5.74) is 2.69. The summed E-state index contributed by atoms with van der Waals surface area (Å²) < 4.78 is 0. The number of carbonyl (C=O) groups is 3. The van der Waals surface area contributed by atoms with Crippen LogP contribution in [0.15, 0.2) is 72.8 Å². The van der Waals surface area contributed by atoms with Crippen LogP contribution in [-0.2, 0) is 21.4 Å². The molecule has 1 N–H and O–H groups in total. The zero-order valence-corrected chi connectivity index (χ0v) is 24.0. The van der Waals surface area contributed by atoms with E-state index in [9.17, 15) is 14.4 Å². The van der Waals surface area contributed by atoms with Crippen LogP contribution < -0.4 is 10.2 Å². The average molecular weight is 553 g/mol. The van der Waals surface area contributed by atoms with Crippen molar-refractivity contribution in [1.82, 2.24) is 0 Å². The highest BCUT2D eigenvalue weighted by Crippen LogP contribution is 2.58. The second-order valence-electron chi connectivity index (χ2n) is 12.1. The van der Waals surface area contributed by atoms with E-state index < -0.39 is 28.8 Å². The van der Waals surface area contributed by atoms with Crippen LogP contribution in [0.2, 0.25) is 5.02 Å². The molecule has 3 aromatic carbocycles. The number of hydrogen-bond acceptors (Lipinski definition) is 4. The molecule has 204 valence electrons. The highest BCUT2D eigenvalue weighted by Gasteiger charge is 2.70. The van der Waals surface area contributed by atoms with E-state index in [0.29, 0.717) is 16.3 Å². The van der Waals surface area contributed by atoms with Gasteiger partial charge in [-0.2, -0.15) is 0 Å². The second kappa shape index (κ2) is 9.45. The van der Waals surface area contributed by atoms with E-state index in [-0.39, 0.29) is 17.5 Å². The first-order valence-corrected chi connectivity index (χ1v) is 14.3. The van der Waals surface area contributed by atoms with Gasteiger partial charge < -0.3 is 10.2 Å². The number of halogens is 1. The average Bonchev–Trinajstić information content (AvgIpc) is 3.40. The molecule has 0 radical (unpaired) electrons. The molecule has 0 saturated carbocycles. The normalized spacial score (nSPS) is 24.5. The highest BCUT2D eigenvalue weighted by atomic mass is 35.5. The van der Waals surface area contributed by atoms with Gasteiger partial charge in [0.05, 0.1) is 12.0 Å². The number of carbonyl (C=O) groups excluding carboxylic acids is 3. The molecule has 3 aromatic rings. The number of anilines is 2. The van der Waals surface area contributed by atoms with Crippen LogP contribution in [-0.4, -0.2) is 29.6 Å². The predicted molar refractivity (Wildman–Crippen MR) is 160 cm³/mol. The molecule has 6 rings (SSSR count). The number of aryl methyl sites for hydroxylation is 1. The Kier molecular flexibility index (Phi) is 6.26. The van der Waals surface area contributed by atoms with E-state index in [2.05, 4.69) is 12.2 Å². The number of Topliss-reactive ketones (excluding diaryl/α,β-unsaturated/α-hetero) is 2. The van der Waals surface area contributed by atoms with Crippen molar-refractivity contribution in [3.63, 3.8) is 0 Å². The van der Waals surface area contributed by atoms with E-state index >= 15 is 0 Å². The third-order valence-electron chi connectivity index (χ3n) is 8.66. The van der Waals surface area contributed by atoms with E-state index in [1.165, 1.54) is 0 Å². The van der Waals surface area contributed by atoms with Crippen LogP contribution in [0, 0.1) is 11.3 Å². The first-order chi connectivity index (χ1) is 19.1. The molecule has 3 heterocycles. The largest absolute Gasteiger partial charge is 0.352 e. The number of nitrogens with zero attached hydrogens (tertiary/aromatic N) is 1. The monoisotopic (exact) mass is 552 g/mol. The zero-order valence-electron chi connectivity index (χ0n) is 23.2. The van der Waals surface area contributed by atoms with E-state index in [4.69, 9.17) is 11.6 Å². The Morgan fingerprint density at radius 1 is 1.02 bits per heavy atom. The molecule has 3 aliphatic rings. The fraction of sp³-hybridized carbons (Fsp3) is 0.324. The lowest BCUT2D eigenvalue weighted by atomic mass is 9.63. The number of para-hydroxylation sites is 1. The summed E-state index contributed by atoms with van der Waals surface area (Å²) in [6.45, 7) is 7.75. The van der Waals surface area contributed by atoms with Gasteiger partial charge in [-0.3, -0.25) is 14.4 Å². The molecule has 6 heteroatoms. The molecule has 40 heavy (non-hydrogen) atoms. The Morgan fingerprint density at radius 3 is 2.45 bits per heavy atom. The first-order valence-electron chi connectivity index (χ1n) is 13.9. The van der Waals surface area contributed by atoms with Crippen LogP contribution in [0.5, 0.6) is 0 Å². The minimum atomic E-state index is -1.30. The van der Waals surface area contributed by atoms with Gasteiger partial charge in [0.2, 0.25) is 5.91 Å². The van der Waals surface area contributed by atoms with Crippen LogP contribution >= 0.6 is 11.6 Å². The summed E-state index contributed by atoms with van der Waals surface area (Å²) in [6.07, 6.45) is 5.86. The SMILES string of the molecule is CCCc1ccc(C(=O)[C@H]2[C@H](C(=O)C(C)(C)C)N3c4ccc(Cl)cc4C=C[C@@H]3[C@]23C(=O)Nc2ccccc23)cc1. The van der Waals surface area contributed by atoms with Gasteiger partial charge in [-0.05, 0) is 47.4 Å². The summed E-state index contributed by atoms with van der Waals surface area (Å²) in [4.78, 5) is 45.6. The second-order valence-corrected chi connectivity index (χ2v) is 12.6. The fourth-order valence-corrected chi connectivity index (χ4v) is 7.08. The molecule has 3 aliphatic heterocycles. The van der Waals surface area contributed by atoms with E-state index in [1.54, 1.807) is 6.07 Å². The van der Waals surface area contributed by atoms with Crippen molar-refractivity contribution in [1.29, 1.82) is 0 Å². The third kappa shape index (κ3) is 3.78. The van der Waals surface area contributed by atoms with Crippen molar-refractivity contribution in [3.05, 3.63) is 100 Å². The lowest BCUT2D eigenvalue weighted by Gasteiger charge is -2.38. The molecule has 1 amide bonds. The molecule has 1 fully saturated rings. The number of fused-ring (bicyclic) bond motifs is 6. The highest BCUT2D eigenvalue weighted by molar-refractivity contribution is 6.31. The minimum Gasteiger partial charge on any atom is -0.352 e. The predicted octanol–water partition coefficient (Wildman–Crippen LogP) is 6.88. The standard InChI is InChI=1S/C34H33ClN2O3/c1-5-8-20-11-13-21(14-12-20)30(38)28-29(31(39)33(2,3)4)37-26-17-16-23(35)19-22(26)15-18-27(37)34(28)24-9-6-7-10-25(24)36-32(34)40/h6-7,9-19,27-29H,5,8H2,1-4H3,(H,36,40)/t27-,28-,29-,34+/m1/s1. The molecule has 0 bridgehead atoms. The van der Waals surface area contributed by atoms with Gasteiger partial charge in [0, 0.05) is 27.4 Å². The van der Waals surface area contributed by atoms with Crippen molar-refractivity contribution in [2.45, 2.75) is 58.0 Å². The topological polar surface area (TPSA) is 66.5 Å². The van der Waals surface area contributed by atoms with Crippen LogP contribution in [0.1, 0.15) is 61.2 Å². The lowest BCUT2D eigenvalue weighted by Crippen LogP contribution is -2.51. The maximum atomic E-state index is 14.8. The number of hydrogen-bond donors (Lipinski definition) is 1. The van der Waals surface area contributed by atoms with E-state index in [0.717, 1.165) is 35.2 Å². The van der Waals surface area contributed by atoms with Crippen molar-refractivity contribution in [3.8, 4) is 0 Å². The molecule has 0 unspecified atom stereocenters. The third-order valence-corrected chi connectivity index (χ3v) is 8.90. The summed E-state index contributed by atoms with van der Waals surface area (Å²) >= 11 is 6.36. The molecule has 1 spiro atoms. The van der Waals surface area contributed by atoms with Crippen molar-refractivity contribution < 1.29 is 14.4 Å². The summed E-state index contributed by atoms with van der Waals surface area (Å²) in [7, 11) is 0. The Balaban J connectivity index is 1.64. The molecule has 1 saturated heterocycles. The van der Waals surface area contributed by atoms with Gasteiger partial charge in [0.15, 0.2) is 11.6 Å². The fourth-order valence-electron chi connectivity index (χ4n) is 6.90. The number of benzene rings is 3. The quantitative estimate of drug-likeness (QED) is 0.350. The van der Waals surface area contributed by atoms with Crippen molar-refractivity contribution in [2.24, 2.45) is 11.3 Å². The van der Waals surface area contributed by atoms with Gasteiger partial charge in [-0.15, -0.1) is 0 Å². The Morgan fingerprint density at radius 2 is 1.75 bits per heavy atom. The molecular formula is C34H33ClN2O3. The number of ketones is 2.